The summed E-state index contributed by atoms with van der Waals surface area (Å²) in [6.07, 6.45) is 1.18. The van der Waals surface area contributed by atoms with Crippen LogP contribution >= 0.6 is 12.2 Å². The van der Waals surface area contributed by atoms with Gasteiger partial charge in [0.2, 0.25) is 10.0 Å². The van der Waals surface area contributed by atoms with E-state index in [1.54, 1.807) is 16.7 Å². The fourth-order valence-corrected chi connectivity index (χ4v) is 3.17. The van der Waals surface area contributed by atoms with Crippen LogP contribution in [-0.4, -0.2) is 29.4 Å². The van der Waals surface area contributed by atoms with E-state index in [1.165, 1.54) is 10.6 Å². The van der Waals surface area contributed by atoms with E-state index >= 15 is 0 Å². The van der Waals surface area contributed by atoms with Crippen LogP contribution in [0.2, 0.25) is 0 Å². The molecule has 1 aromatic carbocycles. The highest BCUT2D eigenvalue weighted by Crippen LogP contribution is 2.20. The van der Waals surface area contributed by atoms with Crippen LogP contribution in [0.5, 0.6) is 0 Å². The predicted octanol–water partition coefficient (Wildman–Crippen LogP) is 2.24. The number of nitrogens with one attached hydrogen (secondary N) is 1. The molecule has 1 heterocycles. The number of sulfonamides is 1. The Morgan fingerprint density at radius 1 is 1.33 bits per heavy atom. The molecule has 1 N–H and O–H groups in total. The van der Waals surface area contributed by atoms with Crippen molar-refractivity contribution in [3.63, 3.8) is 0 Å². The third kappa shape index (κ3) is 3.51. The van der Waals surface area contributed by atoms with E-state index in [2.05, 4.69) is 10.2 Å². The van der Waals surface area contributed by atoms with E-state index in [4.69, 9.17) is 12.2 Å². The number of benzene rings is 1. The Balaban J connectivity index is 2.43. The molecule has 2 rings (SSSR count). The van der Waals surface area contributed by atoms with Gasteiger partial charge < -0.3 is 4.57 Å². The van der Waals surface area contributed by atoms with Crippen molar-refractivity contribution < 1.29 is 8.42 Å². The Morgan fingerprint density at radius 3 is 2.48 bits per heavy atom. The number of hydrogen-bond acceptors (Lipinski definition) is 4. The maximum atomic E-state index is 12.1. The molecule has 0 amide bonds. The highest BCUT2D eigenvalue weighted by Gasteiger charge is 2.20. The van der Waals surface area contributed by atoms with E-state index in [0.29, 0.717) is 22.8 Å². The summed E-state index contributed by atoms with van der Waals surface area (Å²) in [5.41, 5.74) is 1.68. The van der Waals surface area contributed by atoms with Crippen LogP contribution in [0.25, 0.3) is 0 Å². The molecule has 0 atom stereocenters. The van der Waals surface area contributed by atoms with Gasteiger partial charge in [-0.3, -0.25) is 9.40 Å². The number of aromatic amines is 1. The van der Waals surface area contributed by atoms with Crippen LogP contribution in [0.4, 0.5) is 5.69 Å². The zero-order valence-corrected chi connectivity index (χ0v) is 13.8. The van der Waals surface area contributed by atoms with E-state index < -0.39 is 10.0 Å². The Kier molecular flexibility index (Phi) is 4.48. The summed E-state index contributed by atoms with van der Waals surface area (Å²) in [5.74, 6) is 0.591. The first kappa shape index (κ1) is 15.7. The maximum absolute atomic E-state index is 12.1. The molecule has 0 spiro atoms. The van der Waals surface area contributed by atoms with E-state index in [1.807, 2.05) is 26.0 Å². The van der Waals surface area contributed by atoms with Crippen LogP contribution in [0.1, 0.15) is 18.3 Å². The quantitative estimate of drug-likeness (QED) is 0.855. The minimum Gasteiger partial charge on any atom is -0.303 e. The topological polar surface area (TPSA) is 71.0 Å². The summed E-state index contributed by atoms with van der Waals surface area (Å²) in [5, 5.41) is 6.82. The van der Waals surface area contributed by atoms with E-state index in [9.17, 15) is 8.42 Å². The Morgan fingerprint density at radius 2 is 1.95 bits per heavy atom. The molecule has 0 saturated heterocycles. The zero-order valence-electron chi connectivity index (χ0n) is 12.2. The number of rotatable bonds is 5. The van der Waals surface area contributed by atoms with Crippen molar-refractivity contribution in [1.82, 2.24) is 14.8 Å². The summed E-state index contributed by atoms with van der Waals surface area (Å²) in [7, 11) is -3.41. The van der Waals surface area contributed by atoms with Gasteiger partial charge in [-0.25, -0.2) is 8.42 Å². The van der Waals surface area contributed by atoms with Crippen molar-refractivity contribution in [3.05, 3.63) is 40.4 Å². The molecule has 21 heavy (non-hydrogen) atoms. The van der Waals surface area contributed by atoms with Gasteiger partial charge in [0.05, 0.1) is 18.5 Å². The number of H-pyrrole nitrogens is 1. The molecule has 0 radical (unpaired) electrons. The number of hydrogen-bond donors (Lipinski definition) is 1. The molecule has 0 fully saturated rings. The van der Waals surface area contributed by atoms with Gasteiger partial charge in [0.15, 0.2) is 10.6 Å². The molecule has 0 bridgehead atoms. The first-order valence-corrected chi connectivity index (χ1v) is 8.77. The Hall–Kier alpha value is -1.67. The van der Waals surface area contributed by atoms with Gasteiger partial charge in [-0.1, -0.05) is 17.7 Å². The maximum Gasteiger partial charge on any atom is 0.232 e. The first-order chi connectivity index (χ1) is 9.82. The van der Waals surface area contributed by atoms with Crippen LogP contribution in [0.15, 0.2) is 24.3 Å². The molecule has 6 nitrogen and oxygen atoms in total. The van der Waals surface area contributed by atoms with Crippen molar-refractivity contribution in [3.8, 4) is 0 Å². The molecule has 0 aliphatic heterocycles. The van der Waals surface area contributed by atoms with Gasteiger partial charge in [-0.2, -0.15) is 5.10 Å². The summed E-state index contributed by atoms with van der Waals surface area (Å²) in [4.78, 5) is 0. The monoisotopic (exact) mass is 326 g/mol. The van der Waals surface area contributed by atoms with Gasteiger partial charge in [0.25, 0.3) is 0 Å². The second-order valence-electron chi connectivity index (χ2n) is 4.79. The van der Waals surface area contributed by atoms with Crippen LogP contribution < -0.4 is 4.31 Å². The summed E-state index contributed by atoms with van der Waals surface area (Å²) in [6, 6.07) is 7.33. The number of aryl methyl sites for hydroxylation is 1. The second kappa shape index (κ2) is 5.98. The molecule has 114 valence electrons. The summed E-state index contributed by atoms with van der Waals surface area (Å²) in [6.45, 7) is 4.67. The summed E-state index contributed by atoms with van der Waals surface area (Å²) < 4.78 is 27.8. The van der Waals surface area contributed by atoms with Gasteiger partial charge >= 0.3 is 0 Å². The van der Waals surface area contributed by atoms with Crippen molar-refractivity contribution >= 4 is 27.9 Å². The van der Waals surface area contributed by atoms with Crippen LogP contribution in [0.3, 0.4) is 0 Å². The normalized spacial score (nSPS) is 11.6. The molecular weight excluding hydrogens is 308 g/mol. The SMILES string of the molecule is CCn1c(CN(c2ccc(C)cc2)S(C)(=O)=O)n[nH]c1=S. The highest BCUT2D eigenvalue weighted by atomic mass is 32.2. The average Bonchev–Trinajstić information content (AvgIpc) is 2.76. The molecule has 0 aliphatic rings. The third-order valence-electron chi connectivity index (χ3n) is 3.16. The smallest absolute Gasteiger partial charge is 0.232 e. The van der Waals surface area contributed by atoms with Gasteiger partial charge in [0.1, 0.15) is 0 Å². The molecule has 0 unspecified atom stereocenters. The van der Waals surface area contributed by atoms with Crippen LogP contribution in [0, 0.1) is 11.7 Å². The predicted molar refractivity (Wildman–Crippen MR) is 85.3 cm³/mol. The molecule has 2 aromatic rings. The van der Waals surface area contributed by atoms with Gasteiger partial charge in [-0.05, 0) is 38.2 Å². The van der Waals surface area contributed by atoms with E-state index in [-0.39, 0.29) is 6.54 Å². The zero-order chi connectivity index (χ0) is 15.6. The second-order valence-corrected chi connectivity index (χ2v) is 7.09. The van der Waals surface area contributed by atoms with Gasteiger partial charge in [0, 0.05) is 6.54 Å². The van der Waals surface area contributed by atoms with Gasteiger partial charge in [-0.15, -0.1) is 0 Å². The standard InChI is InChI=1S/C13H18N4O2S2/c1-4-16-12(14-15-13(16)20)9-17(21(3,18)19)11-7-5-10(2)6-8-11/h5-8H,4,9H2,1-3H3,(H,15,20). The molecular formula is C13H18N4O2S2. The van der Waals surface area contributed by atoms with Crippen LogP contribution in [-0.2, 0) is 23.1 Å². The number of anilines is 1. The first-order valence-electron chi connectivity index (χ1n) is 6.51. The largest absolute Gasteiger partial charge is 0.303 e. The molecule has 1 aromatic heterocycles. The number of nitrogens with zero attached hydrogens (tertiary/aromatic N) is 3. The lowest BCUT2D eigenvalue weighted by Crippen LogP contribution is -2.30. The lowest BCUT2D eigenvalue weighted by atomic mass is 10.2. The molecule has 0 saturated carbocycles. The Bertz CT molecular complexity index is 775. The molecule has 8 heteroatoms. The fourth-order valence-electron chi connectivity index (χ4n) is 2.04. The third-order valence-corrected chi connectivity index (χ3v) is 4.61. The minimum atomic E-state index is -3.41. The van der Waals surface area contributed by atoms with Crippen molar-refractivity contribution in [2.75, 3.05) is 10.6 Å². The molecule has 0 aliphatic carbocycles. The average molecular weight is 326 g/mol. The van der Waals surface area contributed by atoms with E-state index in [0.717, 1.165) is 5.56 Å². The minimum absolute atomic E-state index is 0.142. The lowest BCUT2D eigenvalue weighted by Gasteiger charge is -2.22. The summed E-state index contributed by atoms with van der Waals surface area (Å²) >= 11 is 5.13. The van der Waals surface area contributed by atoms with Crippen molar-refractivity contribution in [1.29, 1.82) is 0 Å². The Labute approximate surface area is 129 Å². The van der Waals surface area contributed by atoms with Crippen molar-refractivity contribution in [2.24, 2.45) is 0 Å². The lowest BCUT2D eigenvalue weighted by molar-refractivity contribution is 0.592. The highest BCUT2D eigenvalue weighted by molar-refractivity contribution is 7.92. The number of aromatic nitrogens is 3. The fraction of sp³-hybridized carbons (Fsp3) is 0.385. The van der Waals surface area contributed by atoms with Crippen molar-refractivity contribution in [2.45, 2.75) is 26.9 Å².